The molecule has 1 aliphatic rings. The Morgan fingerprint density at radius 2 is 1.51 bits per heavy atom. The molecular weight excluding hydrogens is 581 g/mol. The number of carbonyl (C=O) groups is 1. The second kappa shape index (κ2) is 12.7. The number of halogens is 2. The highest BCUT2D eigenvalue weighted by Gasteiger charge is 2.50. The van der Waals surface area contributed by atoms with E-state index in [9.17, 15) is 4.79 Å². The molecule has 2 aromatic heterocycles. The van der Waals surface area contributed by atoms with Crippen LogP contribution in [0.3, 0.4) is 0 Å². The van der Waals surface area contributed by atoms with Crippen LogP contribution in [-0.2, 0) is 15.8 Å². The molecule has 2 aromatic carbocycles. The second-order valence-electron chi connectivity index (χ2n) is 12.1. The van der Waals surface area contributed by atoms with E-state index >= 15 is 4.39 Å². The summed E-state index contributed by atoms with van der Waals surface area (Å²) in [5.41, 5.74) is 0.788. The summed E-state index contributed by atoms with van der Waals surface area (Å²) in [6, 6.07) is 23.6. The molecule has 5 rings (SSSR count). The first-order valence-corrected chi connectivity index (χ1v) is 16.8. The van der Waals surface area contributed by atoms with E-state index in [2.05, 4.69) is 50.0 Å². The van der Waals surface area contributed by atoms with Crippen molar-refractivity contribution in [3.63, 3.8) is 0 Å². The van der Waals surface area contributed by atoms with Gasteiger partial charge in [0, 0.05) is 31.0 Å². The molecule has 43 heavy (non-hydrogen) atoms. The molecule has 0 spiro atoms. The maximum atomic E-state index is 16.0. The molecule has 1 aliphatic heterocycles. The molecule has 224 valence electrons. The number of rotatable bonds is 8. The smallest absolute Gasteiger partial charge is 0.261 e. The van der Waals surface area contributed by atoms with Crippen LogP contribution < -0.4 is 15.3 Å². The molecule has 3 heterocycles. The van der Waals surface area contributed by atoms with Gasteiger partial charge in [0.05, 0.1) is 30.2 Å². The van der Waals surface area contributed by atoms with Crippen LogP contribution in [0, 0.1) is 5.82 Å². The Bertz CT molecular complexity index is 1520. The zero-order valence-corrected chi connectivity index (χ0v) is 26.9. The van der Waals surface area contributed by atoms with Gasteiger partial charge in [-0.25, -0.2) is 9.37 Å². The van der Waals surface area contributed by atoms with Crippen LogP contribution in [0.1, 0.15) is 56.4 Å². The lowest BCUT2D eigenvalue weighted by Gasteiger charge is -2.43. The van der Waals surface area contributed by atoms with Gasteiger partial charge in [-0.2, -0.15) is 0 Å². The lowest BCUT2D eigenvalue weighted by Crippen LogP contribution is -2.66. The van der Waals surface area contributed by atoms with Crippen LogP contribution in [0.5, 0.6) is 0 Å². The summed E-state index contributed by atoms with van der Waals surface area (Å²) in [4.78, 5) is 24.2. The number of hydrogen-bond acceptors (Lipinski definition) is 6. The van der Waals surface area contributed by atoms with Crippen LogP contribution in [-0.4, -0.2) is 49.4 Å². The number of carbonyl (C=O) groups excluding carboxylic acids is 1. The standard InChI is InChI=1S/C34H37ClFN3O3Si/c1-23-20-39(21-24(2)42-23)32-28(38-31(30(36)29(32)35)33(40)25-16-18-37-19-17-25)22-41-43(34(3,4)5,26-12-8-6-9-13-26)27-14-10-7-11-15-27/h6-19,23-24H,20-22H2,1-5H3. The zero-order valence-electron chi connectivity index (χ0n) is 25.2. The topological polar surface area (TPSA) is 64.5 Å². The van der Waals surface area contributed by atoms with Gasteiger partial charge in [-0.15, -0.1) is 0 Å². The van der Waals surface area contributed by atoms with Gasteiger partial charge in [0.2, 0.25) is 5.78 Å². The fraction of sp³-hybridized carbons (Fsp3) is 0.324. The van der Waals surface area contributed by atoms with Gasteiger partial charge in [-0.05, 0) is 41.4 Å². The summed E-state index contributed by atoms with van der Waals surface area (Å²) >= 11 is 6.83. The molecule has 2 atom stereocenters. The monoisotopic (exact) mass is 617 g/mol. The zero-order chi connectivity index (χ0) is 30.8. The van der Waals surface area contributed by atoms with Gasteiger partial charge in [0.1, 0.15) is 10.7 Å². The minimum atomic E-state index is -2.98. The van der Waals surface area contributed by atoms with Gasteiger partial charge in [-0.3, -0.25) is 9.78 Å². The van der Waals surface area contributed by atoms with Crippen molar-refractivity contribution in [3.8, 4) is 0 Å². The van der Waals surface area contributed by atoms with E-state index in [4.69, 9.17) is 25.7 Å². The molecule has 0 saturated carbocycles. The van der Waals surface area contributed by atoms with Crippen molar-refractivity contribution >= 4 is 41.8 Å². The van der Waals surface area contributed by atoms with Gasteiger partial charge in [-0.1, -0.05) is 93.0 Å². The highest BCUT2D eigenvalue weighted by atomic mass is 35.5. The Morgan fingerprint density at radius 3 is 2.02 bits per heavy atom. The van der Waals surface area contributed by atoms with E-state index in [-0.39, 0.29) is 40.1 Å². The molecule has 9 heteroatoms. The van der Waals surface area contributed by atoms with E-state index in [0.29, 0.717) is 24.5 Å². The SMILES string of the molecule is CC1CN(c2c(CO[Si](c3ccccc3)(c3ccccc3)C(C)(C)C)nc(C(=O)c3ccncc3)c(F)c2Cl)CC(C)O1. The number of nitrogens with zero attached hydrogens (tertiary/aromatic N) is 3. The average Bonchev–Trinajstić information content (AvgIpc) is 2.99. The Hall–Kier alpha value is -3.43. The van der Waals surface area contributed by atoms with E-state index in [1.807, 2.05) is 55.1 Å². The fourth-order valence-corrected chi connectivity index (χ4v) is 10.9. The minimum absolute atomic E-state index is 0.0271. The fourth-order valence-electron chi connectivity index (χ4n) is 6.08. The summed E-state index contributed by atoms with van der Waals surface area (Å²) in [5.74, 6) is -1.41. The first-order chi connectivity index (χ1) is 20.5. The minimum Gasteiger partial charge on any atom is -0.401 e. The van der Waals surface area contributed by atoms with Crippen LogP contribution in [0.2, 0.25) is 10.1 Å². The normalized spacial score (nSPS) is 17.6. The highest BCUT2D eigenvalue weighted by molar-refractivity contribution is 6.99. The summed E-state index contributed by atoms with van der Waals surface area (Å²) in [6.07, 6.45) is 2.77. The molecule has 1 saturated heterocycles. The van der Waals surface area contributed by atoms with Crippen molar-refractivity contribution in [2.45, 2.75) is 58.5 Å². The number of ether oxygens (including phenoxy) is 1. The third-order valence-electron chi connectivity index (χ3n) is 7.86. The van der Waals surface area contributed by atoms with Crippen molar-refractivity contribution in [2.24, 2.45) is 0 Å². The third kappa shape index (κ3) is 6.15. The van der Waals surface area contributed by atoms with E-state index < -0.39 is 19.9 Å². The average molecular weight is 618 g/mol. The Kier molecular flexibility index (Phi) is 9.13. The summed E-state index contributed by atoms with van der Waals surface area (Å²) in [5, 5.41) is 1.77. The number of ketones is 1. The lowest BCUT2D eigenvalue weighted by molar-refractivity contribution is -0.00535. The number of anilines is 1. The molecule has 0 amide bonds. The van der Waals surface area contributed by atoms with Gasteiger partial charge in [0.25, 0.3) is 8.32 Å². The quantitative estimate of drug-likeness (QED) is 0.174. The molecule has 6 nitrogen and oxygen atoms in total. The predicted molar refractivity (Wildman–Crippen MR) is 172 cm³/mol. The molecule has 4 aromatic rings. The van der Waals surface area contributed by atoms with Crippen molar-refractivity contribution in [2.75, 3.05) is 18.0 Å². The van der Waals surface area contributed by atoms with Gasteiger partial charge >= 0.3 is 0 Å². The van der Waals surface area contributed by atoms with E-state index in [0.717, 1.165) is 10.4 Å². The molecule has 0 radical (unpaired) electrons. The van der Waals surface area contributed by atoms with Crippen LogP contribution in [0.25, 0.3) is 0 Å². The summed E-state index contributed by atoms with van der Waals surface area (Å²) in [6.45, 7) is 11.5. The van der Waals surface area contributed by atoms with E-state index in [1.165, 1.54) is 24.5 Å². The van der Waals surface area contributed by atoms with Crippen molar-refractivity contribution in [1.29, 1.82) is 0 Å². The van der Waals surface area contributed by atoms with Crippen molar-refractivity contribution < 1.29 is 18.3 Å². The molecule has 0 aliphatic carbocycles. The van der Waals surface area contributed by atoms with Crippen LogP contribution >= 0.6 is 11.6 Å². The highest BCUT2D eigenvalue weighted by Crippen LogP contribution is 2.40. The molecule has 2 unspecified atom stereocenters. The summed E-state index contributed by atoms with van der Waals surface area (Å²) in [7, 11) is -2.98. The number of morpholine rings is 1. The third-order valence-corrected chi connectivity index (χ3v) is 13.2. The Balaban J connectivity index is 1.68. The molecule has 1 fully saturated rings. The maximum Gasteiger partial charge on any atom is 0.261 e. The predicted octanol–water partition coefficient (Wildman–Crippen LogP) is 6.19. The largest absolute Gasteiger partial charge is 0.401 e. The summed E-state index contributed by atoms with van der Waals surface area (Å²) < 4.78 is 29.1. The van der Waals surface area contributed by atoms with Crippen molar-refractivity contribution in [3.05, 3.63) is 113 Å². The molecule has 0 N–H and O–H groups in total. The molecule has 0 bridgehead atoms. The number of benzene rings is 2. The Morgan fingerprint density at radius 1 is 0.977 bits per heavy atom. The molecular formula is C34H37ClFN3O3Si. The lowest BCUT2D eigenvalue weighted by atomic mass is 10.1. The first-order valence-electron chi connectivity index (χ1n) is 14.5. The van der Waals surface area contributed by atoms with Crippen LogP contribution in [0.15, 0.2) is 85.2 Å². The van der Waals surface area contributed by atoms with Gasteiger partial charge < -0.3 is 14.1 Å². The first kappa shape index (κ1) is 31.0. The van der Waals surface area contributed by atoms with E-state index in [1.54, 1.807) is 0 Å². The number of hydrogen-bond donors (Lipinski definition) is 0. The number of aromatic nitrogens is 2. The van der Waals surface area contributed by atoms with Crippen molar-refractivity contribution in [1.82, 2.24) is 9.97 Å². The van der Waals surface area contributed by atoms with Gasteiger partial charge in [0.15, 0.2) is 5.82 Å². The second-order valence-corrected chi connectivity index (χ2v) is 16.7. The Labute approximate surface area is 259 Å². The number of pyridine rings is 2. The van der Waals surface area contributed by atoms with Crippen LogP contribution in [0.4, 0.5) is 10.1 Å². The maximum absolute atomic E-state index is 16.0.